The maximum Gasteiger partial charge on any atom is 0.341 e. The smallest absolute Gasteiger partial charge is 0.341 e. The van der Waals surface area contributed by atoms with Gasteiger partial charge in [-0.05, 0) is 49.8 Å². The molecule has 4 heterocycles. The third-order valence-electron chi connectivity index (χ3n) is 6.11. The van der Waals surface area contributed by atoms with Crippen LogP contribution < -0.4 is 0 Å². The summed E-state index contributed by atoms with van der Waals surface area (Å²) in [7, 11) is 1.35. The number of furan rings is 1. The molecule has 8 nitrogen and oxygen atoms in total. The molecule has 0 spiro atoms. The fraction of sp³-hybridized carbons (Fsp3) is 0.478. The number of nitrogens with zero attached hydrogens (tertiary/aromatic N) is 3. The highest BCUT2D eigenvalue weighted by molar-refractivity contribution is 5.96. The fourth-order valence-corrected chi connectivity index (χ4v) is 4.31. The van der Waals surface area contributed by atoms with Crippen molar-refractivity contribution in [1.29, 1.82) is 0 Å². The van der Waals surface area contributed by atoms with Gasteiger partial charge in [-0.15, -0.1) is 0 Å². The Morgan fingerprint density at radius 3 is 2.23 bits per heavy atom. The average Bonchev–Trinajstić information content (AvgIpc) is 3.51. The Morgan fingerprint density at radius 2 is 1.61 bits per heavy atom. The molecule has 0 saturated carbocycles. The first-order valence-corrected chi connectivity index (χ1v) is 10.8. The standard InChI is InChI=1S/C23H27N3O5/c1-30-23(29)17-9-14-31-20(17)15-16-7-12-26(13-8-16)22(28)19-6-4-5-18(24-19)21(27)25-10-2-3-11-25/h4-6,9,14,16H,2-3,7-8,10-13,15H2,1H3. The van der Waals surface area contributed by atoms with Crippen molar-refractivity contribution in [1.82, 2.24) is 14.8 Å². The molecule has 31 heavy (non-hydrogen) atoms. The van der Waals surface area contributed by atoms with E-state index in [1.165, 1.54) is 13.4 Å². The van der Waals surface area contributed by atoms with Crippen LogP contribution in [0.3, 0.4) is 0 Å². The number of amides is 2. The van der Waals surface area contributed by atoms with Crippen LogP contribution >= 0.6 is 0 Å². The molecule has 0 unspecified atom stereocenters. The van der Waals surface area contributed by atoms with E-state index in [0.29, 0.717) is 48.1 Å². The van der Waals surface area contributed by atoms with Crippen LogP contribution in [0.1, 0.15) is 62.8 Å². The Hall–Kier alpha value is -3.16. The lowest BCUT2D eigenvalue weighted by Crippen LogP contribution is -2.39. The zero-order valence-corrected chi connectivity index (χ0v) is 17.7. The third kappa shape index (κ3) is 4.62. The van der Waals surface area contributed by atoms with Crippen LogP contribution in [0.5, 0.6) is 0 Å². The van der Waals surface area contributed by atoms with Gasteiger partial charge in [-0.1, -0.05) is 6.07 Å². The molecule has 2 fully saturated rings. The van der Waals surface area contributed by atoms with Gasteiger partial charge < -0.3 is 19.0 Å². The van der Waals surface area contributed by atoms with Crippen LogP contribution in [0, 0.1) is 5.92 Å². The van der Waals surface area contributed by atoms with Crippen LogP contribution in [0.2, 0.25) is 0 Å². The van der Waals surface area contributed by atoms with E-state index in [-0.39, 0.29) is 11.8 Å². The van der Waals surface area contributed by atoms with Crippen molar-refractivity contribution in [3.8, 4) is 0 Å². The maximum absolute atomic E-state index is 13.0. The summed E-state index contributed by atoms with van der Waals surface area (Å²) >= 11 is 0. The first-order valence-electron chi connectivity index (χ1n) is 10.8. The molecule has 0 N–H and O–H groups in total. The first-order chi connectivity index (χ1) is 15.1. The van der Waals surface area contributed by atoms with Crippen LogP contribution in [-0.4, -0.2) is 65.9 Å². The predicted molar refractivity (Wildman–Crippen MR) is 112 cm³/mol. The van der Waals surface area contributed by atoms with Gasteiger partial charge in [0.25, 0.3) is 11.8 Å². The van der Waals surface area contributed by atoms with E-state index in [1.807, 2.05) is 0 Å². The second-order valence-electron chi connectivity index (χ2n) is 8.10. The van der Waals surface area contributed by atoms with Gasteiger partial charge in [-0.25, -0.2) is 9.78 Å². The Bertz CT molecular complexity index is 956. The second-order valence-corrected chi connectivity index (χ2v) is 8.10. The van der Waals surface area contributed by atoms with Crippen molar-refractivity contribution in [2.45, 2.75) is 32.1 Å². The summed E-state index contributed by atoms with van der Waals surface area (Å²) in [6.07, 6.45) is 5.77. The number of rotatable bonds is 5. The molecule has 0 radical (unpaired) electrons. The van der Waals surface area contributed by atoms with Gasteiger partial charge in [-0.2, -0.15) is 0 Å². The van der Waals surface area contributed by atoms with E-state index in [2.05, 4.69) is 4.98 Å². The van der Waals surface area contributed by atoms with E-state index < -0.39 is 5.97 Å². The van der Waals surface area contributed by atoms with Gasteiger partial charge in [0.15, 0.2) is 0 Å². The molecule has 8 heteroatoms. The molecular weight excluding hydrogens is 398 g/mol. The number of pyridine rings is 1. The maximum atomic E-state index is 13.0. The van der Waals surface area contributed by atoms with E-state index >= 15 is 0 Å². The zero-order valence-electron chi connectivity index (χ0n) is 17.7. The van der Waals surface area contributed by atoms with Gasteiger partial charge >= 0.3 is 5.97 Å². The van der Waals surface area contributed by atoms with Crippen molar-refractivity contribution in [3.05, 3.63) is 53.2 Å². The summed E-state index contributed by atoms with van der Waals surface area (Å²) < 4.78 is 10.3. The monoisotopic (exact) mass is 425 g/mol. The van der Waals surface area contributed by atoms with Crippen LogP contribution in [0.4, 0.5) is 0 Å². The van der Waals surface area contributed by atoms with Crippen molar-refractivity contribution >= 4 is 17.8 Å². The van der Waals surface area contributed by atoms with Crippen molar-refractivity contribution in [2.24, 2.45) is 5.92 Å². The Morgan fingerprint density at radius 1 is 1.00 bits per heavy atom. The minimum absolute atomic E-state index is 0.106. The lowest BCUT2D eigenvalue weighted by Gasteiger charge is -2.31. The third-order valence-corrected chi connectivity index (χ3v) is 6.11. The second kappa shape index (κ2) is 9.32. The number of hydrogen-bond acceptors (Lipinski definition) is 6. The van der Waals surface area contributed by atoms with E-state index in [0.717, 1.165) is 38.8 Å². The number of methoxy groups -OCH3 is 1. The van der Waals surface area contributed by atoms with Gasteiger partial charge in [0, 0.05) is 32.6 Å². The molecule has 2 aliphatic heterocycles. The quantitative estimate of drug-likeness (QED) is 0.684. The summed E-state index contributed by atoms with van der Waals surface area (Å²) in [4.78, 5) is 45.3. The molecule has 2 aromatic heterocycles. The first kappa shape index (κ1) is 21.1. The molecule has 2 aliphatic rings. The molecule has 2 saturated heterocycles. The minimum Gasteiger partial charge on any atom is -0.468 e. The van der Waals surface area contributed by atoms with Crippen LogP contribution in [0.15, 0.2) is 34.9 Å². The molecule has 0 aliphatic carbocycles. The van der Waals surface area contributed by atoms with Crippen LogP contribution in [-0.2, 0) is 11.2 Å². The van der Waals surface area contributed by atoms with E-state index in [9.17, 15) is 14.4 Å². The molecular formula is C23H27N3O5. The van der Waals surface area contributed by atoms with Crippen molar-refractivity contribution in [2.75, 3.05) is 33.3 Å². The molecule has 4 rings (SSSR count). The minimum atomic E-state index is -0.397. The fourth-order valence-electron chi connectivity index (χ4n) is 4.31. The van der Waals surface area contributed by atoms with E-state index in [1.54, 1.807) is 34.1 Å². The van der Waals surface area contributed by atoms with Gasteiger partial charge in [0.05, 0.1) is 13.4 Å². The molecule has 164 valence electrons. The molecule has 0 aromatic carbocycles. The topological polar surface area (TPSA) is 92.9 Å². The highest BCUT2D eigenvalue weighted by Crippen LogP contribution is 2.25. The summed E-state index contributed by atoms with van der Waals surface area (Å²) in [6, 6.07) is 6.69. The number of esters is 1. The van der Waals surface area contributed by atoms with Gasteiger partial charge in [0.1, 0.15) is 22.7 Å². The summed E-state index contributed by atoms with van der Waals surface area (Å²) in [6.45, 7) is 2.70. The Labute approximate surface area is 181 Å². The summed E-state index contributed by atoms with van der Waals surface area (Å²) in [5.41, 5.74) is 1.10. The normalized spacial score (nSPS) is 17.1. The molecule has 2 aromatic rings. The zero-order chi connectivity index (χ0) is 21.8. The number of ether oxygens (including phenoxy) is 1. The number of likely N-dealkylation sites (tertiary alicyclic amines) is 2. The number of carbonyl (C=O) groups is 3. The summed E-state index contributed by atoms with van der Waals surface area (Å²) in [5, 5.41) is 0. The molecule has 0 atom stereocenters. The van der Waals surface area contributed by atoms with Gasteiger partial charge in [0.2, 0.25) is 0 Å². The molecule has 2 amide bonds. The average molecular weight is 425 g/mol. The van der Waals surface area contributed by atoms with Crippen molar-refractivity contribution < 1.29 is 23.5 Å². The molecule has 0 bridgehead atoms. The highest BCUT2D eigenvalue weighted by atomic mass is 16.5. The van der Waals surface area contributed by atoms with Crippen molar-refractivity contribution in [3.63, 3.8) is 0 Å². The highest BCUT2D eigenvalue weighted by Gasteiger charge is 2.28. The predicted octanol–water partition coefficient (Wildman–Crippen LogP) is 2.79. The SMILES string of the molecule is COC(=O)c1ccoc1CC1CCN(C(=O)c2cccc(C(=O)N3CCCC3)n2)CC1. The van der Waals surface area contributed by atoms with Gasteiger partial charge in [-0.3, -0.25) is 9.59 Å². The summed E-state index contributed by atoms with van der Waals surface area (Å²) in [5.74, 6) is 0.292. The lowest BCUT2D eigenvalue weighted by molar-refractivity contribution is 0.0597. The van der Waals surface area contributed by atoms with Crippen LogP contribution in [0.25, 0.3) is 0 Å². The Kier molecular flexibility index (Phi) is 6.34. The largest absolute Gasteiger partial charge is 0.468 e. The lowest BCUT2D eigenvalue weighted by atomic mass is 9.91. The van der Waals surface area contributed by atoms with E-state index in [4.69, 9.17) is 9.15 Å². The number of hydrogen-bond donors (Lipinski definition) is 0. The number of aromatic nitrogens is 1. The number of piperidine rings is 1. The number of carbonyl (C=O) groups excluding carboxylic acids is 3. The Balaban J connectivity index is 1.35.